The van der Waals surface area contributed by atoms with E-state index < -0.39 is 5.97 Å². The van der Waals surface area contributed by atoms with Gasteiger partial charge in [0.05, 0.1) is 11.3 Å². The Bertz CT molecular complexity index is 439. The van der Waals surface area contributed by atoms with Crippen LogP contribution >= 0.6 is 11.8 Å². The second-order valence-corrected chi connectivity index (χ2v) is 5.65. The van der Waals surface area contributed by atoms with Crippen LogP contribution in [-0.2, 0) is 0 Å². The number of anilines is 1. The summed E-state index contributed by atoms with van der Waals surface area (Å²) in [6, 6.07) is 0. The fourth-order valence-corrected chi connectivity index (χ4v) is 2.83. The van der Waals surface area contributed by atoms with Crippen molar-refractivity contribution in [1.82, 2.24) is 9.97 Å². The van der Waals surface area contributed by atoms with Gasteiger partial charge < -0.3 is 10.0 Å². The maximum Gasteiger partial charge on any atom is 0.339 e. The zero-order valence-corrected chi connectivity index (χ0v) is 10.7. The van der Waals surface area contributed by atoms with Gasteiger partial charge in [-0.2, -0.15) is 11.8 Å². The SMILES string of the molecule is Cc1nc(N2CCSC(C)C2)ncc1C(=O)O. The van der Waals surface area contributed by atoms with E-state index in [0.29, 0.717) is 16.9 Å². The minimum Gasteiger partial charge on any atom is -0.478 e. The molecule has 1 aliphatic rings. The predicted molar refractivity (Wildman–Crippen MR) is 67.9 cm³/mol. The maximum absolute atomic E-state index is 10.9. The summed E-state index contributed by atoms with van der Waals surface area (Å²) < 4.78 is 0. The van der Waals surface area contributed by atoms with Gasteiger partial charge in [0.1, 0.15) is 0 Å². The van der Waals surface area contributed by atoms with Crippen molar-refractivity contribution in [1.29, 1.82) is 0 Å². The first-order valence-corrected chi connectivity index (χ1v) is 6.56. The highest BCUT2D eigenvalue weighted by Gasteiger charge is 2.20. The number of aromatic nitrogens is 2. The van der Waals surface area contributed by atoms with Gasteiger partial charge in [-0.25, -0.2) is 14.8 Å². The minimum absolute atomic E-state index is 0.174. The van der Waals surface area contributed by atoms with Crippen LogP contribution in [0.4, 0.5) is 5.95 Å². The van der Waals surface area contributed by atoms with E-state index in [1.54, 1.807) is 6.92 Å². The second-order valence-electron chi connectivity index (χ2n) is 4.10. The Morgan fingerprint density at radius 1 is 1.65 bits per heavy atom. The minimum atomic E-state index is -0.975. The summed E-state index contributed by atoms with van der Waals surface area (Å²) in [4.78, 5) is 21.4. The lowest BCUT2D eigenvalue weighted by atomic mass is 10.2. The molecule has 1 atom stereocenters. The first kappa shape index (κ1) is 12.2. The smallest absolute Gasteiger partial charge is 0.339 e. The van der Waals surface area contributed by atoms with Crippen molar-refractivity contribution < 1.29 is 9.90 Å². The Morgan fingerprint density at radius 3 is 3.00 bits per heavy atom. The van der Waals surface area contributed by atoms with Crippen LogP contribution in [0.5, 0.6) is 0 Å². The Labute approximate surface area is 104 Å². The third-order valence-corrected chi connectivity index (χ3v) is 3.86. The number of carboxylic acid groups (broad SMARTS) is 1. The van der Waals surface area contributed by atoms with E-state index >= 15 is 0 Å². The highest BCUT2D eigenvalue weighted by Crippen LogP contribution is 2.21. The van der Waals surface area contributed by atoms with Gasteiger partial charge in [-0.3, -0.25) is 0 Å². The number of hydrogen-bond acceptors (Lipinski definition) is 5. The molecule has 0 bridgehead atoms. The van der Waals surface area contributed by atoms with E-state index in [-0.39, 0.29) is 5.56 Å². The number of nitrogens with zero attached hydrogens (tertiary/aromatic N) is 3. The summed E-state index contributed by atoms with van der Waals surface area (Å²) in [7, 11) is 0. The van der Waals surface area contributed by atoms with E-state index in [9.17, 15) is 4.79 Å². The molecule has 0 saturated carbocycles. The Hall–Kier alpha value is -1.30. The topological polar surface area (TPSA) is 66.3 Å². The fraction of sp³-hybridized carbons (Fsp3) is 0.545. The van der Waals surface area contributed by atoms with Crippen molar-refractivity contribution in [3.8, 4) is 0 Å². The van der Waals surface area contributed by atoms with Gasteiger partial charge in [-0.05, 0) is 6.92 Å². The Balaban J connectivity index is 2.22. The molecular weight excluding hydrogens is 238 g/mol. The molecule has 1 aromatic rings. The zero-order valence-electron chi connectivity index (χ0n) is 9.88. The van der Waals surface area contributed by atoms with Gasteiger partial charge in [-0.15, -0.1) is 0 Å². The molecule has 1 unspecified atom stereocenters. The van der Waals surface area contributed by atoms with Crippen LogP contribution in [0, 0.1) is 6.92 Å². The quantitative estimate of drug-likeness (QED) is 0.860. The molecular formula is C11H15N3O2S. The summed E-state index contributed by atoms with van der Waals surface area (Å²) in [5.41, 5.74) is 0.696. The standard InChI is InChI=1S/C11H15N3O2S/c1-7-6-14(3-4-17-7)11-12-5-9(10(15)16)8(2)13-11/h5,7H,3-4,6H2,1-2H3,(H,15,16). The third-order valence-electron chi connectivity index (χ3n) is 2.72. The number of thioether (sulfide) groups is 1. The molecule has 0 radical (unpaired) electrons. The average Bonchev–Trinajstić information content (AvgIpc) is 2.28. The summed E-state index contributed by atoms with van der Waals surface area (Å²) >= 11 is 1.94. The molecule has 0 amide bonds. The van der Waals surface area contributed by atoms with Crippen LogP contribution in [0.25, 0.3) is 0 Å². The van der Waals surface area contributed by atoms with Crippen LogP contribution in [0.15, 0.2) is 6.20 Å². The van der Waals surface area contributed by atoms with E-state index in [1.165, 1.54) is 6.20 Å². The Morgan fingerprint density at radius 2 is 2.41 bits per heavy atom. The lowest BCUT2D eigenvalue weighted by molar-refractivity contribution is 0.0695. The van der Waals surface area contributed by atoms with Gasteiger partial charge in [0.15, 0.2) is 0 Å². The molecule has 2 rings (SSSR count). The normalized spacial score (nSPS) is 20.4. The summed E-state index contributed by atoms with van der Waals surface area (Å²) in [5, 5.41) is 9.47. The van der Waals surface area contributed by atoms with Crippen molar-refractivity contribution >= 4 is 23.7 Å². The van der Waals surface area contributed by atoms with Gasteiger partial charge in [0.2, 0.25) is 5.95 Å². The summed E-state index contributed by atoms with van der Waals surface area (Å²) in [6.07, 6.45) is 1.40. The second kappa shape index (κ2) is 4.91. The number of carbonyl (C=O) groups is 1. The molecule has 17 heavy (non-hydrogen) atoms. The van der Waals surface area contributed by atoms with Crippen LogP contribution < -0.4 is 4.90 Å². The van der Waals surface area contributed by atoms with Crippen LogP contribution in [-0.4, -0.2) is 45.1 Å². The van der Waals surface area contributed by atoms with Crippen molar-refractivity contribution in [2.24, 2.45) is 0 Å². The number of aryl methyl sites for hydroxylation is 1. The average molecular weight is 253 g/mol. The van der Waals surface area contributed by atoms with Crippen LogP contribution in [0.1, 0.15) is 23.0 Å². The zero-order chi connectivity index (χ0) is 12.4. The molecule has 1 fully saturated rings. The summed E-state index contributed by atoms with van der Waals surface area (Å²) in [5.74, 6) is 0.723. The predicted octanol–water partition coefficient (Wildman–Crippen LogP) is 1.42. The van der Waals surface area contributed by atoms with Gasteiger partial charge in [-0.1, -0.05) is 6.92 Å². The molecule has 0 spiro atoms. The van der Waals surface area contributed by atoms with E-state index in [4.69, 9.17) is 5.11 Å². The van der Waals surface area contributed by atoms with Gasteiger partial charge in [0.25, 0.3) is 0 Å². The number of hydrogen-bond donors (Lipinski definition) is 1. The highest BCUT2D eigenvalue weighted by molar-refractivity contribution is 8.00. The van der Waals surface area contributed by atoms with Crippen molar-refractivity contribution in [3.05, 3.63) is 17.5 Å². The number of rotatable bonds is 2. The fourth-order valence-electron chi connectivity index (χ4n) is 1.82. The van der Waals surface area contributed by atoms with E-state index in [0.717, 1.165) is 18.8 Å². The maximum atomic E-state index is 10.9. The molecule has 1 aliphatic heterocycles. The molecule has 92 valence electrons. The first-order chi connectivity index (χ1) is 8.08. The molecule has 1 saturated heterocycles. The molecule has 6 heteroatoms. The molecule has 0 aromatic carbocycles. The van der Waals surface area contributed by atoms with Crippen molar-refractivity contribution in [3.63, 3.8) is 0 Å². The molecule has 1 aromatic heterocycles. The van der Waals surface area contributed by atoms with Crippen LogP contribution in [0.3, 0.4) is 0 Å². The third kappa shape index (κ3) is 2.69. The van der Waals surface area contributed by atoms with E-state index in [1.807, 2.05) is 11.8 Å². The summed E-state index contributed by atoms with van der Waals surface area (Å²) in [6.45, 7) is 5.71. The Kier molecular flexibility index (Phi) is 3.51. The van der Waals surface area contributed by atoms with Gasteiger partial charge in [0, 0.05) is 30.3 Å². The van der Waals surface area contributed by atoms with Crippen LogP contribution in [0.2, 0.25) is 0 Å². The molecule has 2 heterocycles. The largest absolute Gasteiger partial charge is 0.478 e. The number of aromatic carboxylic acids is 1. The monoisotopic (exact) mass is 253 g/mol. The molecule has 1 N–H and O–H groups in total. The lowest BCUT2D eigenvalue weighted by Crippen LogP contribution is -2.37. The number of carboxylic acids is 1. The van der Waals surface area contributed by atoms with Crippen molar-refractivity contribution in [2.45, 2.75) is 19.1 Å². The molecule has 0 aliphatic carbocycles. The molecule has 5 nitrogen and oxygen atoms in total. The lowest BCUT2D eigenvalue weighted by Gasteiger charge is -2.30. The highest BCUT2D eigenvalue weighted by atomic mass is 32.2. The first-order valence-electron chi connectivity index (χ1n) is 5.51. The van der Waals surface area contributed by atoms with E-state index in [2.05, 4.69) is 21.8 Å². The van der Waals surface area contributed by atoms with Crippen molar-refractivity contribution in [2.75, 3.05) is 23.7 Å². The van der Waals surface area contributed by atoms with Gasteiger partial charge >= 0.3 is 5.97 Å².